The molecular weight excluding hydrogens is 175 g/mol. The maximum absolute atomic E-state index is 9.22. The van der Waals surface area contributed by atoms with Crippen molar-refractivity contribution in [3.05, 3.63) is 29.8 Å². The molecular formula is C11H15BO2. The van der Waals surface area contributed by atoms with Crippen molar-refractivity contribution in [3.63, 3.8) is 0 Å². The van der Waals surface area contributed by atoms with Crippen LogP contribution in [0.15, 0.2) is 24.3 Å². The van der Waals surface area contributed by atoms with E-state index in [1.54, 1.807) is 6.07 Å². The van der Waals surface area contributed by atoms with Crippen LogP contribution >= 0.6 is 0 Å². The van der Waals surface area contributed by atoms with Crippen LogP contribution in [0, 0.1) is 0 Å². The van der Waals surface area contributed by atoms with Crippen molar-refractivity contribution in [2.24, 2.45) is 0 Å². The van der Waals surface area contributed by atoms with Gasteiger partial charge in [0.15, 0.2) is 0 Å². The molecule has 2 rings (SSSR count). The number of hydrogen-bond donors (Lipinski definition) is 2. The molecule has 1 aliphatic rings. The Balaban J connectivity index is 2.30. The van der Waals surface area contributed by atoms with Crippen LogP contribution < -0.4 is 5.46 Å². The van der Waals surface area contributed by atoms with E-state index in [1.807, 2.05) is 18.2 Å². The fourth-order valence-electron chi connectivity index (χ4n) is 2.35. The van der Waals surface area contributed by atoms with Gasteiger partial charge in [-0.25, -0.2) is 0 Å². The van der Waals surface area contributed by atoms with E-state index in [0.717, 1.165) is 5.56 Å². The fraction of sp³-hybridized carbons (Fsp3) is 0.455. The molecule has 2 nitrogen and oxygen atoms in total. The average molecular weight is 190 g/mol. The van der Waals surface area contributed by atoms with Gasteiger partial charge in [-0.05, 0) is 29.8 Å². The molecule has 1 fully saturated rings. The summed E-state index contributed by atoms with van der Waals surface area (Å²) in [4.78, 5) is 0. The van der Waals surface area contributed by atoms with E-state index in [0.29, 0.717) is 11.4 Å². The molecule has 0 amide bonds. The predicted molar refractivity (Wildman–Crippen MR) is 57.5 cm³/mol. The first-order valence-electron chi connectivity index (χ1n) is 5.24. The summed E-state index contributed by atoms with van der Waals surface area (Å²) >= 11 is 0. The molecule has 0 heterocycles. The van der Waals surface area contributed by atoms with Gasteiger partial charge in [0, 0.05) is 0 Å². The molecule has 0 aliphatic heterocycles. The Morgan fingerprint density at radius 1 is 1.07 bits per heavy atom. The summed E-state index contributed by atoms with van der Waals surface area (Å²) in [5, 5.41) is 18.4. The van der Waals surface area contributed by atoms with Crippen molar-refractivity contribution in [1.82, 2.24) is 0 Å². The lowest BCUT2D eigenvalue weighted by Gasteiger charge is -2.14. The lowest BCUT2D eigenvalue weighted by molar-refractivity contribution is 0.425. The minimum Gasteiger partial charge on any atom is -0.423 e. The van der Waals surface area contributed by atoms with Crippen LogP contribution in [-0.2, 0) is 0 Å². The smallest absolute Gasteiger partial charge is 0.423 e. The maximum Gasteiger partial charge on any atom is 0.488 e. The van der Waals surface area contributed by atoms with Crippen LogP contribution in [0.1, 0.15) is 37.2 Å². The summed E-state index contributed by atoms with van der Waals surface area (Å²) in [6, 6.07) is 7.65. The Morgan fingerprint density at radius 3 is 2.36 bits per heavy atom. The first-order chi connectivity index (χ1) is 6.79. The monoisotopic (exact) mass is 190 g/mol. The third-order valence-electron chi connectivity index (χ3n) is 3.07. The van der Waals surface area contributed by atoms with Gasteiger partial charge in [0.1, 0.15) is 0 Å². The van der Waals surface area contributed by atoms with Crippen molar-refractivity contribution >= 4 is 12.6 Å². The molecule has 0 bridgehead atoms. The van der Waals surface area contributed by atoms with Gasteiger partial charge < -0.3 is 10.0 Å². The highest BCUT2D eigenvalue weighted by Gasteiger charge is 2.23. The molecule has 1 aromatic carbocycles. The van der Waals surface area contributed by atoms with Gasteiger partial charge in [-0.3, -0.25) is 0 Å². The SMILES string of the molecule is OB(O)c1ccccc1C1CCCC1. The van der Waals surface area contributed by atoms with Crippen molar-refractivity contribution in [1.29, 1.82) is 0 Å². The Kier molecular flexibility index (Phi) is 2.89. The molecule has 0 saturated heterocycles. The van der Waals surface area contributed by atoms with Crippen LogP contribution in [-0.4, -0.2) is 17.2 Å². The molecule has 14 heavy (non-hydrogen) atoms. The number of hydrogen-bond acceptors (Lipinski definition) is 2. The van der Waals surface area contributed by atoms with Gasteiger partial charge in [0.2, 0.25) is 0 Å². The predicted octanol–water partition coefficient (Wildman–Crippen LogP) is 1.02. The second-order valence-corrected chi connectivity index (χ2v) is 3.98. The van der Waals surface area contributed by atoms with E-state index in [-0.39, 0.29) is 0 Å². The lowest BCUT2D eigenvalue weighted by Crippen LogP contribution is -2.33. The zero-order valence-electron chi connectivity index (χ0n) is 8.19. The molecule has 1 saturated carbocycles. The normalized spacial score (nSPS) is 17.3. The highest BCUT2D eigenvalue weighted by atomic mass is 16.4. The number of rotatable bonds is 2. The third-order valence-corrected chi connectivity index (χ3v) is 3.07. The van der Waals surface area contributed by atoms with E-state index >= 15 is 0 Å². The summed E-state index contributed by atoms with van der Waals surface area (Å²) < 4.78 is 0. The van der Waals surface area contributed by atoms with Crippen LogP contribution in [0.4, 0.5) is 0 Å². The first kappa shape index (κ1) is 9.75. The van der Waals surface area contributed by atoms with Gasteiger partial charge in [0.05, 0.1) is 0 Å². The summed E-state index contributed by atoms with van der Waals surface area (Å²) in [6.45, 7) is 0. The molecule has 1 aromatic rings. The second kappa shape index (κ2) is 4.15. The molecule has 1 aliphatic carbocycles. The summed E-state index contributed by atoms with van der Waals surface area (Å²) in [5.74, 6) is 0.535. The molecule has 0 spiro atoms. The van der Waals surface area contributed by atoms with Crippen LogP contribution in [0.3, 0.4) is 0 Å². The van der Waals surface area contributed by atoms with Crippen molar-refractivity contribution < 1.29 is 10.0 Å². The van der Waals surface area contributed by atoms with E-state index in [4.69, 9.17) is 0 Å². The zero-order chi connectivity index (χ0) is 9.97. The lowest BCUT2D eigenvalue weighted by atomic mass is 9.73. The minimum absolute atomic E-state index is 0.535. The first-order valence-corrected chi connectivity index (χ1v) is 5.24. The fourth-order valence-corrected chi connectivity index (χ4v) is 2.35. The Labute approximate surface area is 84.7 Å². The average Bonchev–Trinajstić information content (AvgIpc) is 2.70. The van der Waals surface area contributed by atoms with E-state index in [1.165, 1.54) is 25.7 Å². The molecule has 2 N–H and O–H groups in total. The zero-order valence-corrected chi connectivity index (χ0v) is 8.19. The summed E-state index contributed by atoms with van der Waals surface area (Å²) in [7, 11) is -1.33. The molecule has 3 heteroatoms. The van der Waals surface area contributed by atoms with Crippen molar-refractivity contribution in [3.8, 4) is 0 Å². The quantitative estimate of drug-likeness (QED) is 0.683. The van der Waals surface area contributed by atoms with E-state index in [9.17, 15) is 10.0 Å². The van der Waals surface area contributed by atoms with Gasteiger partial charge in [-0.1, -0.05) is 37.1 Å². The molecule has 0 aromatic heterocycles. The Hall–Kier alpha value is -0.795. The van der Waals surface area contributed by atoms with Crippen molar-refractivity contribution in [2.75, 3.05) is 0 Å². The highest BCUT2D eigenvalue weighted by molar-refractivity contribution is 6.59. The van der Waals surface area contributed by atoms with Crippen LogP contribution in [0.2, 0.25) is 0 Å². The van der Waals surface area contributed by atoms with Gasteiger partial charge >= 0.3 is 7.12 Å². The minimum atomic E-state index is -1.33. The largest absolute Gasteiger partial charge is 0.488 e. The van der Waals surface area contributed by atoms with E-state index < -0.39 is 7.12 Å². The van der Waals surface area contributed by atoms with Gasteiger partial charge in [-0.15, -0.1) is 0 Å². The van der Waals surface area contributed by atoms with E-state index in [2.05, 4.69) is 0 Å². The highest BCUT2D eigenvalue weighted by Crippen LogP contribution is 2.33. The second-order valence-electron chi connectivity index (χ2n) is 3.98. The molecule has 0 atom stereocenters. The Bertz CT molecular complexity index is 306. The van der Waals surface area contributed by atoms with Gasteiger partial charge in [0.25, 0.3) is 0 Å². The molecule has 0 radical (unpaired) electrons. The topological polar surface area (TPSA) is 40.5 Å². The Morgan fingerprint density at radius 2 is 1.71 bits per heavy atom. The van der Waals surface area contributed by atoms with Crippen LogP contribution in [0.25, 0.3) is 0 Å². The third kappa shape index (κ3) is 1.84. The summed E-state index contributed by atoms with van der Waals surface area (Å²) in [5.41, 5.74) is 1.81. The summed E-state index contributed by atoms with van der Waals surface area (Å²) in [6.07, 6.45) is 4.90. The van der Waals surface area contributed by atoms with Crippen LogP contribution in [0.5, 0.6) is 0 Å². The molecule has 0 unspecified atom stereocenters. The maximum atomic E-state index is 9.22. The molecule has 74 valence electrons. The van der Waals surface area contributed by atoms with Gasteiger partial charge in [-0.2, -0.15) is 0 Å². The van der Waals surface area contributed by atoms with Crippen molar-refractivity contribution in [2.45, 2.75) is 31.6 Å². The number of benzene rings is 1. The standard InChI is InChI=1S/C11H15BO2/c13-12(14)11-8-4-3-7-10(11)9-5-1-2-6-9/h3-4,7-9,13-14H,1-2,5-6H2.